The second-order valence-electron chi connectivity index (χ2n) is 8.63. The van der Waals surface area contributed by atoms with Crippen molar-refractivity contribution in [3.8, 4) is 5.75 Å². The van der Waals surface area contributed by atoms with Gasteiger partial charge in [0.2, 0.25) is 11.8 Å². The van der Waals surface area contributed by atoms with E-state index < -0.39 is 34.4 Å². The molecule has 0 aliphatic heterocycles. The number of amides is 2. The fourth-order valence-electron chi connectivity index (χ4n) is 3.92. The number of nitrogens with zero attached hydrogens (tertiary/aromatic N) is 2. The van der Waals surface area contributed by atoms with Crippen molar-refractivity contribution in [2.75, 3.05) is 30.8 Å². The highest BCUT2D eigenvalue weighted by Crippen LogP contribution is 2.29. The van der Waals surface area contributed by atoms with Crippen LogP contribution in [-0.2, 0) is 26.2 Å². The Kier molecular flexibility index (Phi) is 11.2. The lowest BCUT2D eigenvalue weighted by atomic mass is 10.1. The minimum Gasteiger partial charge on any atom is -0.494 e. The van der Waals surface area contributed by atoms with Crippen LogP contribution in [0.4, 0.5) is 5.69 Å². The van der Waals surface area contributed by atoms with E-state index in [0.29, 0.717) is 28.0 Å². The second kappa shape index (κ2) is 14.1. The van der Waals surface area contributed by atoms with E-state index in [1.807, 2.05) is 13.2 Å². The van der Waals surface area contributed by atoms with E-state index >= 15 is 0 Å². The first-order chi connectivity index (χ1) is 19.0. The van der Waals surface area contributed by atoms with Gasteiger partial charge in [-0.1, -0.05) is 29.3 Å². The highest BCUT2D eigenvalue weighted by atomic mass is 35.5. The van der Waals surface area contributed by atoms with Crippen LogP contribution in [0.15, 0.2) is 76.5 Å². The van der Waals surface area contributed by atoms with Gasteiger partial charge < -0.3 is 15.0 Å². The molecule has 1 N–H and O–H groups in total. The van der Waals surface area contributed by atoms with Gasteiger partial charge in [-0.25, -0.2) is 8.42 Å². The molecule has 3 aromatic carbocycles. The number of rotatable bonds is 12. The van der Waals surface area contributed by atoms with Crippen LogP contribution in [-0.4, -0.2) is 57.6 Å². The summed E-state index contributed by atoms with van der Waals surface area (Å²) in [4.78, 5) is 28.7. The first-order valence-corrected chi connectivity index (χ1v) is 15.8. The Morgan fingerprint density at radius 2 is 1.60 bits per heavy atom. The molecule has 3 aromatic rings. The molecule has 0 bridgehead atoms. The van der Waals surface area contributed by atoms with Crippen LogP contribution in [0.3, 0.4) is 0 Å². The number of hydrogen-bond acceptors (Lipinski definition) is 6. The van der Waals surface area contributed by atoms with Gasteiger partial charge in [0.25, 0.3) is 10.0 Å². The zero-order valence-corrected chi connectivity index (χ0v) is 25.7. The standard InChI is InChI=1S/C28H31Cl2N3O5S2/c1-5-38-21-11-9-20(10-12-21)33(40(36,37)23-15-13-22(39-4)14-16-23)18-27(34)32(19(2)28(35)31-3)17-24-25(29)7-6-8-26(24)30/h6-16,19H,5,17-18H2,1-4H3,(H,31,35)/t19-/m0/s1. The van der Waals surface area contributed by atoms with Crippen LogP contribution in [0, 0.1) is 0 Å². The van der Waals surface area contributed by atoms with Gasteiger partial charge in [0.1, 0.15) is 18.3 Å². The molecule has 0 spiro atoms. The van der Waals surface area contributed by atoms with Crippen LogP contribution in [0.25, 0.3) is 0 Å². The number of thioether (sulfide) groups is 1. The SMILES string of the molecule is CCOc1ccc(N(CC(=O)N(Cc2c(Cl)cccc2Cl)[C@@H](C)C(=O)NC)S(=O)(=O)c2ccc(SC)cc2)cc1. The maximum absolute atomic E-state index is 13.9. The van der Waals surface area contributed by atoms with Crippen molar-refractivity contribution in [3.63, 3.8) is 0 Å². The smallest absolute Gasteiger partial charge is 0.264 e. The van der Waals surface area contributed by atoms with E-state index in [-0.39, 0.29) is 17.1 Å². The molecular formula is C28H31Cl2N3O5S2. The van der Waals surface area contributed by atoms with Crippen molar-refractivity contribution in [1.29, 1.82) is 0 Å². The molecule has 0 aromatic heterocycles. The summed E-state index contributed by atoms with van der Waals surface area (Å²) in [5.74, 6) is -0.493. The predicted molar refractivity (Wildman–Crippen MR) is 161 cm³/mol. The Bertz CT molecular complexity index is 1420. The number of nitrogens with one attached hydrogen (secondary N) is 1. The van der Waals surface area contributed by atoms with Crippen molar-refractivity contribution >= 4 is 62.5 Å². The van der Waals surface area contributed by atoms with Crippen LogP contribution in [0.1, 0.15) is 19.4 Å². The highest BCUT2D eigenvalue weighted by molar-refractivity contribution is 7.98. The van der Waals surface area contributed by atoms with Gasteiger partial charge in [0, 0.05) is 34.1 Å². The maximum atomic E-state index is 13.9. The van der Waals surface area contributed by atoms with Gasteiger partial charge in [-0.05, 0) is 80.8 Å². The molecule has 2 amide bonds. The number of carbonyl (C=O) groups is 2. The number of sulfonamides is 1. The first kappa shape index (κ1) is 31.6. The van der Waals surface area contributed by atoms with Crippen molar-refractivity contribution in [1.82, 2.24) is 10.2 Å². The maximum Gasteiger partial charge on any atom is 0.264 e. The van der Waals surface area contributed by atoms with E-state index in [9.17, 15) is 18.0 Å². The molecule has 0 heterocycles. The van der Waals surface area contributed by atoms with E-state index in [0.717, 1.165) is 9.20 Å². The molecule has 0 saturated heterocycles. The van der Waals surface area contributed by atoms with Crippen LogP contribution in [0.5, 0.6) is 5.75 Å². The molecule has 214 valence electrons. The summed E-state index contributed by atoms with van der Waals surface area (Å²) in [6.07, 6.45) is 1.89. The number of likely N-dealkylation sites (N-methyl/N-ethyl adjacent to an activating group) is 1. The number of anilines is 1. The van der Waals surface area contributed by atoms with Crippen molar-refractivity contribution < 1.29 is 22.7 Å². The number of hydrogen-bond donors (Lipinski definition) is 1. The third-order valence-electron chi connectivity index (χ3n) is 6.17. The highest BCUT2D eigenvalue weighted by Gasteiger charge is 2.33. The van der Waals surface area contributed by atoms with E-state index in [4.69, 9.17) is 27.9 Å². The fourth-order valence-corrected chi connectivity index (χ4v) is 6.26. The van der Waals surface area contributed by atoms with Crippen molar-refractivity contribution in [3.05, 3.63) is 82.3 Å². The Balaban J connectivity index is 2.07. The summed E-state index contributed by atoms with van der Waals surface area (Å²) in [7, 11) is -2.73. The lowest BCUT2D eigenvalue weighted by Crippen LogP contribution is -2.50. The molecule has 0 unspecified atom stereocenters. The molecular weight excluding hydrogens is 593 g/mol. The molecule has 40 heavy (non-hydrogen) atoms. The van der Waals surface area contributed by atoms with Crippen LogP contribution >= 0.6 is 35.0 Å². The summed E-state index contributed by atoms with van der Waals surface area (Å²) in [6.45, 7) is 3.15. The molecule has 0 fully saturated rings. The Morgan fingerprint density at radius 3 is 2.12 bits per heavy atom. The molecule has 0 aliphatic carbocycles. The van der Waals surface area contributed by atoms with Crippen molar-refractivity contribution in [2.45, 2.75) is 36.2 Å². The Hall–Kier alpha value is -2.92. The number of carbonyl (C=O) groups excluding carboxylic acids is 2. The summed E-state index contributed by atoms with van der Waals surface area (Å²) >= 11 is 14.2. The third kappa shape index (κ3) is 7.42. The van der Waals surface area contributed by atoms with Gasteiger partial charge in [0.15, 0.2) is 0 Å². The minimum absolute atomic E-state index is 0.0204. The average Bonchev–Trinajstić information content (AvgIpc) is 2.95. The molecule has 12 heteroatoms. The lowest BCUT2D eigenvalue weighted by Gasteiger charge is -2.32. The zero-order chi connectivity index (χ0) is 29.4. The molecule has 3 rings (SSSR count). The fraction of sp³-hybridized carbons (Fsp3) is 0.286. The first-order valence-electron chi connectivity index (χ1n) is 12.4. The molecule has 1 atom stereocenters. The second-order valence-corrected chi connectivity index (χ2v) is 12.2. The largest absolute Gasteiger partial charge is 0.494 e. The topological polar surface area (TPSA) is 96.0 Å². The van der Waals surface area contributed by atoms with Crippen molar-refractivity contribution in [2.24, 2.45) is 0 Å². The van der Waals surface area contributed by atoms with E-state index in [1.165, 1.54) is 35.8 Å². The minimum atomic E-state index is -4.19. The number of halogens is 2. The lowest BCUT2D eigenvalue weighted by molar-refractivity contribution is -0.139. The Morgan fingerprint density at radius 1 is 1.00 bits per heavy atom. The summed E-state index contributed by atoms with van der Waals surface area (Å²) in [5.41, 5.74) is 0.701. The predicted octanol–water partition coefficient (Wildman–Crippen LogP) is 5.47. The molecule has 0 saturated carbocycles. The zero-order valence-electron chi connectivity index (χ0n) is 22.6. The van der Waals surface area contributed by atoms with E-state index in [1.54, 1.807) is 61.5 Å². The molecule has 0 radical (unpaired) electrons. The number of ether oxygens (including phenoxy) is 1. The van der Waals surface area contributed by atoms with E-state index in [2.05, 4.69) is 5.32 Å². The third-order valence-corrected chi connectivity index (χ3v) is 9.41. The average molecular weight is 625 g/mol. The molecule has 0 aliphatic rings. The van der Waals surface area contributed by atoms with Gasteiger partial charge >= 0.3 is 0 Å². The quantitative estimate of drug-likeness (QED) is 0.269. The monoisotopic (exact) mass is 623 g/mol. The summed E-state index contributed by atoms with van der Waals surface area (Å²) in [5, 5.41) is 3.18. The van der Waals surface area contributed by atoms with Gasteiger partial charge in [-0.2, -0.15) is 0 Å². The number of benzene rings is 3. The van der Waals surface area contributed by atoms with Gasteiger partial charge in [-0.15, -0.1) is 11.8 Å². The molecule has 8 nitrogen and oxygen atoms in total. The Labute approximate surface area is 249 Å². The van der Waals surface area contributed by atoms with Crippen LogP contribution in [0.2, 0.25) is 10.0 Å². The van der Waals surface area contributed by atoms with Gasteiger partial charge in [0.05, 0.1) is 17.2 Å². The summed E-state index contributed by atoms with van der Waals surface area (Å²) < 4.78 is 34.4. The van der Waals surface area contributed by atoms with Crippen LogP contribution < -0.4 is 14.4 Å². The summed E-state index contributed by atoms with van der Waals surface area (Å²) in [6, 6.07) is 16.8. The van der Waals surface area contributed by atoms with Gasteiger partial charge in [-0.3, -0.25) is 13.9 Å². The normalized spacial score (nSPS) is 11.9.